The zero-order valence-corrected chi connectivity index (χ0v) is 20.1. The van der Waals surface area contributed by atoms with Gasteiger partial charge < -0.3 is 0 Å². The number of nitriles is 1. The summed E-state index contributed by atoms with van der Waals surface area (Å²) in [5.41, 5.74) is 3.21. The van der Waals surface area contributed by atoms with Crippen LogP contribution in [-0.2, 0) is 5.41 Å². The highest BCUT2D eigenvalue weighted by Crippen LogP contribution is 2.28. The number of hydrogen-bond acceptors (Lipinski definition) is 6. The minimum absolute atomic E-state index is 0.245. The molecule has 0 aliphatic rings. The number of nitrogens with one attached hydrogen (secondary N) is 1. The van der Waals surface area contributed by atoms with Gasteiger partial charge in [-0.25, -0.2) is 9.78 Å². The quantitative estimate of drug-likeness (QED) is 0.366. The molecule has 0 spiro atoms. The van der Waals surface area contributed by atoms with E-state index in [1.807, 2.05) is 68.4 Å². The summed E-state index contributed by atoms with van der Waals surface area (Å²) in [6.45, 7) is 3.66. The predicted molar refractivity (Wildman–Crippen MR) is 143 cm³/mol. The molecule has 0 radical (unpaired) electrons. The lowest BCUT2D eigenvalue weighted by Gasteiger charge is -2.17. The first-order chi connectivity index (χ1) is 17.9. The summed E-state index contributed by atoms with van der Waals surface area (Å²) in [7, 11) is 0. The third-order valence-electron chi connectivity index (χ3n) is 6.59. The van der Waals surface area contributed by atoms with Gasteiger partial charge in [-0.05, 0) is 55.8 Å². The molecule has 0 unspecified atom stereocenters. The van der Waals surface area contributed by atoms with Gasteiger partial charge in [-0.2, -0.15) is 5.26 Å². The molecule has 37 heavy (non-hydrogen) atoms. The minimum Gasteiger partial charge on any atom is -0.273 e. The Labute approximate surface area is 210 Å². The van der Waals surface area contributed by atoms with E-state index >= 15 is 0 Å². The molecule has 1 N–H and O–H groups in total. The summed E-state index contributed by atoms with van der Waals surface area (Å²) < 4.78 is 1.43. The number of para-hydroxylation sites is 1. The van der Waals surface area contributed by atoms with Crippen LogP contribution in [0.4, 0.5) is 0 Å². The number of fused-ring (bicyclic) bond motifs is 4. The lowest BCUT2D eigenvalue weighted by molar-refractivity contribution is 0.686. The van der Waals surface area contributed by atoms with Crippen molar-refractivity contribution in [2.75, 3.05) is 0 Å². The van der Waals surface area contributed by atoms with Crippen LogP contribution in [0.3, 0.4) is 0 Å². The minimum atomic E-state index is -0.683. The molecule has 0 amide bonds. The van der Waals surface area contributed by atoms with Crippen LogP contribution >= 0.6 is 0 Å². The van der Waals surface area contributed by atoms with Crippen molar-refractivity contribution in [1.29, 1.82) is 5.26 Å². The highest BCUT2D eigenvalue weighted by atomic mass is 16.2. The summed E-state index contributed by atoms with van der Waals surface area (Å²) in [5.74, 6) is 0. The second-order valence-corrected chi connectivity index (χ2v) is 9.38. The highest BCUT2D eigenvalue weighted by Gasteiger charge is 2.20. The van der Waals surface area contributed by atoms with Crippen molar-refractivity contribution < 1.29 is 0 Å². The summed E-state index contributed by atoms with van der Waals surface area (Å²) in [6, 6.07) is 22.9. The van der Waals surface area contributed by atoms with Crippen LogP contribution in [0.5, 0.6) is 0 Å². The largest absolute Gasteiger partial charge is 0.333 e. The first-order valence-corrected chi connectivity index (χ1v) is 11.7. The monoisotopic (exact) mass is 484 g/mol. The molecule has 2 aromatic carbocycles. The lowest BCUT2D eigenvalue weighted by atomic mass is 9.86. The second kappa shape index (κ2) is 8.21. The van der Waals surface area contributed by atoms with Crippen molar-refractivity contribution in [3.63, 3.8) is 0 Å². The predicted octanol–water partition coefficient (Wildman–Crippen LogP) is 4.64. The van der Waals surface area contributed by atoms with Gasteiger partial charge in [0.1, 0.15) is 5.52 Å². The van der Waals surface area contributed by atoms with Crippen molar-refractivity contribution in [2.24, 2.45) is 0 Å². The Balaban J connectivity index is 1.63. The first kappa shape index (κ1) is 22.3. The summed E-state index contributed by atoms with van der Waals surface area (Å²) in [5, 5.41) is 10.7. The number of aromatic nitrogens is 5. The van der Waals surface area contributed by atoms with Gasteiger partial charge in [-0.3, -0.25) is 24.3 Å². The van der Waals surface area contributed by atoms with Crippen molar-refractivity contribution in [1.82, 2.24) is 24.5 Å². The van der Waals surface area contributed by atoms with Gasteiger partial charge in [-0.1, -0.05) is 30.3 Å². The Bertz CT molecular complexity index is 2010. The van der Waals surface area contributed by atoms with Crippen LogP contribution in [0.2, 0.25) is 0 Å². The Morgan fingerprint density at radius 1 is 0.919 bits per heavy atom. The molecule has 0 saturated carbocycles. The maximum atomic E-state index is 13.1. The number of benzene rings is 2. The summed E-state index contributed by atoms with van der Waals surface area (Å²) in [4.78, 5) is 42.1. The second-order valence-electron chi connectivity index (χ2n) is 9.38. The van der Waals surface area contributed by atoms with E-state index in [1.54, 1.807) is 18.3 Å². The molecule has 178 valence electrons. The Morgan fingerprint density at radius 3 is 2.46 bits per heavy atom. The number of pyridine rings is 3. The molecule has 0 bridgehead atoms. The van der Waals surface area contributed by atoms with Gasteiger partial charge in [0.15, 0.2) is 0 Å². The molecule has 6 aromatic rings. The maximum Gasteiger partial charge on any atom is 0.333 e. The molecule has 0 aliphatic heterocycles. The average molecular weight is 485 g/mol. The van der Waals surface area contributed by atoms with Crippen LogP contribution in [-0.4, -0.2) is 24.5 Å². The SMILES string of the molecule is CC(C)(C#N)c1ccc(-n2c(=O)[nH]c(=O)c3cnc4ccc(-c5cnc6ccccc6c5)nc4c32)cc1. The number of hydrogen-bond donors (Lipinski definition) is 1. The topological polar surface area (TPSA) is 117 Å². The van der Waals surface area contributed by atoms with Gasteiger partial charge in [-0.15, -0.1) is 0 Å². The summed E-state index contributed by atoms with van der Waals surface area (Å²) in [6.07, 6.45) is 3.21. The van der Waals surface area contributed by atoms with E-state index in [-0.39, 0.29) is 5.39 Å². The van der Waals surface area contributed by atoms with E-state index in [1.165, 1.54) is 10.8 Å². The zero-order valence-electron chi connectivity index (χ0n) is 20.1. The van der Waals surface area contributed by atoms with E-state index in [9.17, 15) is 14.9 Å². The van der Waals surface area contributed by atoms with Gasteiger partial charge in [0.25, 0.3) is 5.56 Å². The third-order valence-corrected chi connectivity index (χ3v) is 6.59. The third kappa shape index (κ3) is 3.65. The Hall–Kier alpha value is -5.16. The van der Waals surface area contributed by atoms with E-state index in [0.29, 0.717) is 27.9 Å². The zero-order chi connectivity index (χ0) is 25.7. The molecule has 0 fully saturated rings. The van der Waals surface area contributed by atoms with Gasteiger partial charge in [0.2, 0.25) is 0 Å². The molecule has 8 heteroatoms. The van der Waals surface area contributed by atoms with E-state index < -0.39 is 16.7 Å². The molecule has 0 atom stereocenters. The van der Waals surface area contributed by atoms with Crippen LogP contribution in [0.1, 0.15) is 19.4 Å². The molecule has 0 saturated heterocycles. The standard InChI is InChI=1S/C29H20N6O2/c1-29(2,16-30)19-7-9-20(10-8-19)35-26-21(27(36)34-28(35)37)15-32-24-12-11-23(33-25(24)26)18-13-17-5-3-4-6-22(17)31-14-18/h3-15H,1-2H3,(H,34,36,37). The van der Waals surface area contributed by atoms with E-state index in [0.717, 1.165) is 22.0 Å². The number of rotatable bonds is 3. The Morgan fingerprint density at radius 2 is 1.68 bits per heavy atom. The fraction of sp³-hybridized carbons (Fsp3) is 0.103. The van der Waals surface area contributed by atoms with Crippen LogP contribution in [0.15, 0.2) is 88.7 Å². The van der Waals surface area contributed by atoms with Crippen molar-refractivity contribution >= 4 is 32.8 Å². The van der Waals surface area contributed by atoms with E-state index in [2.05, 4.69) is 21.0 Å². The van der Waals surface area contributed by atoms with Crippen molar-refractivity contribution in [3.8, 4) is 23.0 Å². The molecular weight excluding hydrogens is 464 g/mol. The average Bonchev–Trinajstić information content (AvgIpc) is 2.92. The molecule has 6 rings (SSSR count). The van der Waals surface area contributed by atoms with E-state index in [4.69, 9.17) is 4.98 Å². The number of aromatic amines is 1. The number of H-pyrrole nitrogens is 1. The van der Waals surface area contributed by atoms with Crippen LogP contribution in [0.25, 0.3) is 49.8 Å². The molecular formula is C29H20N6O2. The lowest BCUT2D eigenvalue weighted by Crippen LogP contribution is -2.29. The molecule has 8 nitrogen and oxygen atoms in total. The Kier molecular flexibility index (Phi) is 4.95. The van der Waals surface area contributed by atoms with Gasteiger partial charge >= 0.3 is 5.69 Å². The van der Waals surface area contributed by atoms with Crippen LogP contribution < -0.4 is 11.2 Å². The molecule has 4 heterocycles. The molecule has 0 aliphatic carbocycles. The number of nitrogens with zero attached hydrogens (tertiary/aromatic N) is 5. The fourth-order valence-corrected chi connectivity index (χ4v) is 4.48. The smallest absolute Gasteiger partial charge is 0.273 e. The summed E-state index contributed by atoms with van der Waals surface area (Å²) >= 11 is 0. The van der Waals surface area contributed by atoms with Gasteiger partial charge in [0, 0.05) is 23.3 Å². The first-order valence-electron chi connectivity index (χ1n) is 11.7. The van der Waals surface area contributed by atoms with Crippen LogP contribution in [0, 0.1) is 11.3 Å². The molecule has 4 aromatic heterocycles. The van der Waals surface area contributed by atoms with Crippen molar-refractivity contribution in [3.05, 3.63) is 106 Å². The normalized spacial score (nSPS) is 11.7. The van der Waals surface area contributed by atoms with Gasteiger partial charge in [0.05, 0.1) is 44.8 Å². The fourth-order valence-electron chi connectivity index (χ4n) is 4.48. The van der Waals surface area contributed by atoms with Crippen molar-refractivity contribution in [2.45, 2.75) is 19.3 Å². The highest BCUT2D eigenvalue weighted by molar-refractivity contribution is 6.01. The maximum absolute atomic E-state index is 13.1.